The fourth-order valence-electron chi connectivity index (χ4n) is 4.17. The first kappa shape index (κ1) is 23.6. The Balaban J connectivity index is 1.46. The average molecular weight is 465 g/mol. The summed E-state index contributed by atoms with van der Waals surface area (Å²) in [6, 6.07) is 17.5. The van der Waals surface area contributed by atoms with E-state index in [9.17, 15) is 9.18 Å². The lowest BCUT2D eigenvalue weighted by Gasteiger charge is -2.40. The van der Waals surface area contributed by atoms with E-state index >= 15 is 0 Å². The van der Waals surface area contributed by atoms with Crippen LogP contribution < -0.4 is 14.8 Å². The Bertz CT molecular complexity index is 1100. The molecule has 34 heavy (non-hydrogen) atoms. The van der Waals surface area contributed by atoms with Crippen LogP contribution in [0.5, 0.6) is 11.5 Å². The molecule has 0 atom stereocenters. The minimum absolute atomic E-state index is 0.278. The van der Waals surface area contributed by atoms with Gasteiger partial charge in [-0.15, -0.1) is 0 Å². The highest BCUT2D eigenvalue weighted by Crippen LogP contribution is 2.40. The van der Waals surface area contributed by atoms with E-state index in [1.165, 1.54) is 12.1 Å². The molecule has 0 bridgehead atoms. The predicted octanol–water partition coefficient (Wildman–Crippen LogP) is 5.28. The second-order valence-electron chi connectivity index (χ2n) is 8.26. The number of carboxylic acids is 1. The van der Waals surface area contributed by atoms with Gasteiger partial charge in [0.25, 0.3) is 0 Å². The largest absolute Gasteiger partial charge is 0.493 e. The van der Waals surface area contributed by atoms with Crippen molar-refractivity contribution in [3.8, 4) is 22.6 Å². The number of aromatic carboxylic acids is 1. The van der Waals surface area contributed by atoms with Crippen LogP contribution in [0, 0.1) is 5.82 Å². The van der Waals surface area contributed by atoms with Crippen LogP contribution >= 0.6 is 0 Å². The molecule has 3 aromatic carbocycles. The summed E-state index contributed by atoms with van der Waals surface area (Å²) in [5.74, 6) is 0.243. The van der Waals surface area contributed by atoms with Gasteiger partial charge in [0.15, 0.2) is 0 Å². The summed E-state index contributed by atoms with van der Waals surface area (Å²) >= 11 is 0. The molecule has 2 N–H and O–H groups in total. The zero-order chi connectivity index (χ0) is 24.1. The minimum Gasteiger partial charge on any atom is -0.493 e. The van der Waals surface area contributed by atoms with Crippen molar-refractivity contribution in [3.63, 3.8) is 0 Å². The first-order chi connectivity index (χ1) is 16.5. The molecule has 178 valence electrons. The van der Waals surface area contributed by atoms with Crippen molar-refractivity contribution in [2.24, 2.45) is 0 Å². The summed E-state index contributed by atoms with van der Waals surface area (Å²) in [7, 11) is 0. The zero-order valence-corrected chi connectivity index (χ0v) is 19.4. The van der Waals surface area contributed by atoms with E-state index in [2.05, 4.69) is 10.2 Å². The Morgan fingerprint density at radius 3 is 2.12 bits per heavy atom. The van der Waals surface area contributed by atoms with Gasteiger partial charge in [-0.1, -0.05) is 12.1 Å². The maximum Gasteiger partial charge on any atom is 0.335 e. The normalized spacial score (nSPS) is 13.9. The van der Waals surface area contributed by atoms with Gasteiger partial charge in [0.1, 0.15) is 17.3 Å². The Hall–Kier alpha value is -3.58. The van der Waals surface area contributed by atoms with E-state index in [1.807, 2.05) is 26.0 Å². The van der Waals surface area contributed by atoms with E-state index in [0.717, 1.165) is 53.5 Å². The fraction of sp³-hybridized carbons (Fsp3) is 0.296. The van der Waals surface area contributed by atoms with Gasteiger partial charge in [0.05, 0.1) is 30.4 Å². The lowest BCUT2D eigenvalue weighted by Crippen LogP contribution is -2.54. The molecule has 4 rings (SSSR count). The van der Waals surface area contributed by atoms with Gasteiger partial charge in [-0.05, 0) is 73.5 Å². The number of ether oxygens (including phenoxy) is 2. The van der Waals surface area contributed by atoms with Crippen LogP contribution in [-0.2, 0) is 6.54 Å². The van der Waals surface area contributed by atoms with Crippen molar-refractivity contribution in [2.75, 3.05) is 31.6 Å². The molecular weight excluding hydrogens is 435 g/mol. The first-order valence-electron chi connectivity index (χ1n) is 11.5. The van der Waals surface area contributed by atoms with Crippen LogP contribution in [0.2, 0.25) is 0 Å². The summed E-state index contributed by atoms with van der Waals surface area (Å²) in [5.41, 5.74) is 3.96. The highest BCUT2D eigenvalue weighted by molar-refractivity contribution is 5.88. The Morgan fingerprint density at radius 1 is 1.00 bits per heavy atom. The summed E-state index contributed by atoms with van der Waals surface area (Å²) < 4.78 is 25.4. The van der Waals surface area contributed by atoms with Crippen LogP contribution in [0.3, 0.4) is 0 Å². The number of benzene rings is 3. The molecule has 0 unspecified atom stereocenters. The molecule has 0 aromatic heterocycles. The van der Waals surface area contributed by atoms with E-state index in [4.69, 9.17) is 14.6 Å². The number of hydrogen-bond acceptors (Lipinski definition) is 5. The quantitative estimate of drug-likeness (QED) is 0.425. The third kappa shape index (κ3) is 5.48. The molecule has 0 spiro atoms. The fourth-order valence-corrected chi connectivity index (χ4v) is 4.17. The van der Waals surface area contributed by atoms with Crippen LogP contribution in [0.4, 0.5) is 10.1 Å². The standard InChI is InChI=1S/C27H29FN2O4/c1-3-33-24-13-18(14-25(34-4-2)26(24)19-5-9-21(28)10-6-19)15-30-16-23(17-30)29-22-11-7-20(8-12-22)27(31)32/h5-14,23,29H,3-4,15-17H2,1-2H3,(H,31,32). The molecule has 0 saturated carbocycles. The topological polar surface area (TPSA) is 71.0 Å². The summed E-state index contributed by atoms with van der Waals surface area (Å²) in [4.78, 5) is 13.3. The van der Waals surface area contributed by atoms with Gasteiger partial charge < -0.3 is 19.9 Å². The van der Waals surface area contributed by atoms with E-state index in [0.29, 0.717) is 19.3 Å². The van der Waals surface area contributed by atoms with Gasteiger partial charge in [-0.2, -0.15) is 0 Å². The Labute approximate surface area is 198 Å². The third-order valence-electron chi connectivity index (χ3n) is 5.72. The van der Waals surface area contributed by atoms with Crippen molar-refractivity contribution >= 4 is 11.7 Å². The number of hydrogen-bond donors (Lipinski definition) is 2. The molecule has 1 aliphatic rings. The second-order valence-corrected chi connectivity index (χ2v) is 8.26. The number of nitrogens with zero attached hydrogens (tertiary/aromatic N) is 1. The van der Waals surface area contributed by atoms with E-state index < -0.39 is 5.97 Å². The smallest absolute Gasteiger partial charge is 0.335 e. The Morgan fingerprint density at radius 2 is 1.59 bits per heavy atom. The molecule has 3 aromatic rings. The molecule has 7 heteroatoms. The summed E-state index contributed by atoms with van der Waals surface area (Å²) in [5, 5.41) is 12.5. The van der Waals surface area contributed by atoms with Crippen molar-refractivity contribution < 1.29 is 23.8 Å². The first-order valence-corrected chi connectivity index (χ1v) is 11.5. The van der Waals surface area contributed by atoms with E-state index in [-0.39, 0.29) is 11.4 Å². The molecule has 1 heterocycles. The number of halogens is 1. The number of carbonyl (C=O) groups is 1. The Kier molecular flexibility index (Phi) is 7.33. The molecular formula is C27H29FN2O4. The molecule has 0 aliphatic carbocycles. The zero-order valence-electron chi connectivity index (χ0n) is 19.4. The monoisotopic (exact) mass is 464 g/mol. The SMILES string of the molecule is CCOc1cc(CN2CC(Nc3ccc(C(=O)O)cc3)C2)cc(OCC)c1-c1ccc(F)cc1. The third-order valence-corrected chi connectivity index (χ3v) is 5.72. The second kappa shape index (κ2) is 10.6. The number of likely N-dealkylation sites (tertiary alicyclic amines) is 1. The lowest BCUT2D eigenvalue weighted by molar-refractivity contribution is 0.0697. The lowest BCUT2D eigenvalue weighted by atomic mass is 9.99. The van der Waals surface area contributed by atoms with Gasteiger partial charge in [-0.3, -0.25) is 4.90 Å². The van der Waals surface area contributed by atoms with Crippen LogP contribution in [0.25, 0.3) is 11.1 Å². The molecule has 0 radical (unpaired) electrons. The van der Waals surface area contributed by atoms with Crippen LogP contribution in [0.15, 0.2) is 60.7 Å². The van der Waals surface area contributed by atoms with Crippen LogP contribution in [0.1, 0.15) is 29.8 Å². The highest BCUT2D eigenvalue weighted by atomic mass is 19.1. The highest BCUT2D eigenvalue weighted by Gasteiger charge is 2.27. The molecule has 1 saturated heterocycles. The molecule has 0 amide bonds. The maximum absolute atomic E-state index is 13.5. The molecule has 1 fully saturated rings. The van der Waals surface area contributed by atoms with Crippen molar-refractivity contribution in [1.82, 2.24) is 4.90 Å². The minimum atomic E-state index is -0.926. The summed E-state index contributed by atoms with van der Waals surface area (Å²) in [6.07, 6.45) is 0. The maximum atomic E-state index is 13.5. The van der Waals surface area contributed by atoms with Crippen molar-refractivity contribution in [3.05, 3.63) is 77.6 Å². The average Bonchev–Trinajstić information content (AvgIpc) is 2.79. The van der Waals surface area contributed by atoms with Crippen molar-refractivity contribution in [2.45, 2.75) is 26.4 Å². The van der Waals surface area contributed by atoms with Crippen LogP contribution in [-0.4, -0.2) is 48.3 Å². The number of carboxylic acid groups (broad SMARTS) is 1. The van der Waals surface area contributed by atoms with E-state index in [1.54, 1.807) is 36.4 Å². The van der Waals surface area contributed by atoms with Gasteiger partial charge in [-0.25, -0.2) is 9.18 Å². The number of nitrogens with one attached hydrogen (secondary N) is 1. The number of anilines is 1. The van der Waals surface area contributed by atoms with Gasteiger partial charge >= 0.3 is 5.97 Å². The predicted molar refractivity (Wildman–Crippen MR) is 130 cm³/mol. The van der Waals surface area contributed by atoms with Gasteiger partial charge in [0.2, 0.25) is 0 Å². The molecule has 1 aliphatic heterocycles. The number of rotatable bonds is 10. The molecule has 6 nitrogen and oxygen atoms in total. The summed E-state index contributed by atoms with van der Waals surface area (Å²) in [6.45, 7) is 7.40. The van der Waals surface area contributed by atoms with Crippen molar-refractivity contribution in [1.29, 1.82) is 0 Å². The van der Waals surface area contributed by atoms with Gasteiger partial charge in [0, 0.05) is 25.3 Å².